The number of pyridine rings is 1. The predicted octanol–water partition coefficient (Wildman–Crippen LogP) is 4.25. The molecule has 1 N–H and O–H groups in total. The lowest BCUT2D eigenvalue weighted by Gasteiger charge is -2.03. The number of fused-ring (bicyclic) bond motifs is 3. The van der Waals surface area contributed by atoms with Crippen molar-refractivity contribution in [2.75, 3.05) is 0 Å². The number of aromatic nitrogens is 2. The van der Waals surface area contributed by atoms with Crippen molar-refractivity contribution >= 4 is 44.5 Å². The molecule has 1 aromatic carbocycles. The fourth-order valence-corrected chi connectivity index (χ4v) is 3.30. The second-order valence-electron chi connectivity index (χ2n) is 4.58. The summed E-state index contributed by atoms with van der Waals surface area (Å²) in [5.74, 6) is 0. The molecule has 17 heavy (non-hydrogen) atoms. The molecule has 2 aromatic heterocycles. The molecule has 0 aliphatic heterocycles. The van der Waals surface area contributed by atoms with E-state index in [1.54, 1.807) is 0 Å². The van der Waals surface area contributed by atoms with E-state index in [0.29, 0.717) is 0 Å². The van der Waals surface area contributed by atoms with E-state index in [4.69, 9.17) is 0 Å². The summed E-state index contributed by atoms with van der Waals surface area (Å²) in [6.07, 6.45) is 1.91. The van der Waals surface area contributed by atoms with Gasteiger partial charge in [-0.2, -0.15) is 0 Å². The van der Waals surface area contributed by atoms with Crippen molar-refractivity contribution in [3.05, 3.63) is 38.6 Å². The Labute approximate surface area is 114 Å². The third kappa shape index (κ3) is 1.56. The van der Waals surface area contributed by atoms with Crippen molar-refractivity contribution < 1.29 is 0 Å². The smallest absolute Gasteiger partial charge is 0.138 e. The van der Waals surface area contributed by atoms with Gasteiger partial charge in [-0.25, -0.2) is 4.98 Å². The summed E-state index contributed by atoms with van der Waals surface area (Å²) in [5, 5.41) is 2.53. The minimum Gasteiger partial charge on any atom is -0.339 e. The van der Waals surface area contributed by atoms with Gasteiger partial charge in [-0.05, 0) is 72.2 Å². The highest BCUT2D eigenvalue weighted by Gasteiger charge is 2.12. The molecular formula is C14H13IN2. The van der Waals surface area contributed by atoms with Gasteiger partial charge >= 0.3 is 0 Å². The number of nitrogens with zero attached hydrogens (tertiary/aromatic N) is 1. The highest BCUT2D eigenvalue weighted by Crippen LogP contribution is 2.32. The molecule has 3 aromatic rings. The summed E-state index contributed by atoms with van der Waals surface area (Å²) in [4.78, 5) is 7.91. The topological polar surface area (TPSA) is 28.7 Å². The first-order valence-electron chi connectivity index (χ1n) is 5.61. The van der Waals surface area contributed by atoms with Crippen molar-refractivity contribution in [1.29, 1.82) is 0 Å². The molecule has 0 atom stereocenters. The second kappa shape index (κ2) is 3.70. The highest BCUT2D eigenvalue weighted by atomic mass is 127. The maximum absolute atomic E-state index is 4.47. The Morgan fingerprint density at radius 2 is 1.94 bits per heavy atom. The molecule has 3 rings (SSSR count). The van der Waals surface area contributed by atoms with Crippen molar-refractivity contribution in [2.24, 2.45) is 0 Å². The molecule has 0 saturated heterocycles. The quantitative estimate of drug-likeness (QED) is 0.611. The zero-order valence-corrected chi connectivity index (χ0v) is 12.2. The van der Waals surface area contributed by atoms with Crippen molar-refractivity contribution in [2.45, 2.75) is 20.8 Å². The van der Waals surface area contributed by atoms with Gasteiger partial charge in [0, 0.05) is 20.5 Å². The minimum atomic E-state index is 0.984. The van der Waals surface area contributed by atoms with Crippen LogP contribution in [0.4, 0.5) is 0 Å². The van der Waals surface area contributed by atoms with Crippen LogP contribution in [-0.2, 0) is 0 Å². The van der Waals surface area contributed by atoms with Crippen LogP contribution in [-0.4, -0.2) is 9.97 Å². The molecule has 0 bridgehead atoms. The molecule has 0 amide bonds. The Bertz CT molecular complexity index is 741. The minimum absolute atomic E-state index is 0.984. The van der Waals surface area contributed by atoms with Gasteiger partial charge in [0.25, 0.3) is 0 Å². The summed E-state index contributed by atoms with van der Waals surface area (Å²) in [6.45, 7) is 6.40. The SMILES string of the molecule is Cc1cnc2[nH]c3c(C)c(C)cc(I)c3c2c1. The normalized spacial score (nSPS) is 11.5. The van der Waals surface area contributed by atoms with Crippen LogP contribution in [0.25, 0.3) is 21.9 Å². The van der Waals surface area contributed by atoms with E-state index < -0.39 is 0 Å². The molecule has 86 valence electrons. The zero-order valence-electron chi connectivity index (χ0n) is 10.1. The van der Waals surface area contributed by atoms with Crippen molar-refractivity contribution in [3.63, 3.8) is 0 Å². The maximum Gasteiger partial charge on any atom is 0.138 e. The lowest BCUT2D eigenvalue weighted by atomic mass is 10.1. The standard InChI is InChI=1S/C14H13IN2/c1-7-4-10-12-11(15)5-8(2)9(3)13(12)17-14(10)16-6-7/h4-6H,1-3H3,(H,16,17). The average molecular weight is 336 g/mol. The molecule has 0 unspecified atom stereocenters. The third-order valence-corrected chi connectivity index (χ3v) is 4.19. The maximum atomic E-state index is 4.47. The van der Waals surface area contributed by atoms with E-state index in [9.17, 15) is 0 Å². The Balaban J connectivity index is 2.61. The van der Waals surface area contributed by atoms with Gasteiger partial charge in [0.2, 0.25) is 0 Å². The van der Waals surface area contributed by atoms with Crippen LogP contribution in [0.15, 0.2) is 18.3 Å². The average Bonchev–Trinajstić information content (AvgIpc) is 2.65. The van der Waals surface area contributed by atoms with Crippen molar-refractivity contribution in [1.82, 2.24) is 9.97 Å². The molecule has 0 radical (unpaired) electrons. The van der Waals surface area contributed by atoms with Crippen LogP contribution in [0.5, 0.6) is 0 Å². The fraction of sp³-hybridized carbons (Fsp3) is 0.214. The number of H-pyrrole nitrogens is 1. The number of nitrogens with one attached hydrogen (secondary N) is 1. The summed E-state index contributed by atoms with van der Waals surface area (Å²) in [6, 6.07) is 4.45. The van der Waals surface area contributed by atoms with Gasteiger partial charge in [0.15, 0.2) is 0 Å². The lowest BCUT2D eigenvalue weighted by molar-refractivity contribution is 1.29. The van der Waals surface area contributed by atoms with Crippen molar-refractivity contribution in [3.8, 4) is 0 Å². The molecule has 0 spiro atoms. The predicted molar refractivity (Wildman–Crippen MR) is 80.5 cm³/mol. The summed E-state index contributed by atoms with van der Waals surface area (Å²) < 4.78 is 1.29. The van der Waals surface area contributed by atoms with Gasteiger partial charge in [-0.1, -0.05) is 0 Å². The molecule has 0 fully saturated rings. The molecule has 0 aliphatic carbocycles. The van der Waals surface area contributed by atoms with E-state index in [1.807, 2.05) is 6.20 Å². The number of benzene rings is 1. The summed E-state index contributed by atoms with van der Waals surface area (Å²) in [5.41, 5.74) is 6.05. The van der Waals surface area contributed by atoms with E-state index in [1.165, 1.54) is 36.5 Å². The van der Waals surface area contributed by atoms with Crippen LogP contribution in [0.1, 0.15) is 16.7 Å². The van der Waals surface area contributed by atoms with Crippen LogP contribution in [0.3, 0.4) is 0 Å². The summed E-state index contributed by atoms with van der Waals surface area (Å²) >= 11 is 2.41. The van der Waals surface area contributed by atoms with E-state index in [-0.39, 0.29) is 0 Å². The number of halogens is 1. The summed E-state index contributed by atoms with van der Waals surface area (Å²) in [7, 11) is 0. The van der Waals surface area contributed by atoms with E-state index in [0.717, 1.165) is 5.65 Å². The van der Waals surface area contributed by atoms with Gasteiger partial charge in [-0.15, -0.1) is 0 Å². The number of rotatable bonds is 0. The number of aromatic amines is 1. The Morgan fingerprint density at radius 3 is 2.71 bits per heavy atom. The molecule has 3 heteroatoms. The monoisotopic (exact) mass is 336 g/mol. The largest absolute Gasteiger partial charge is 0.339 e. The Morgan fingerprint density at radius 1 is 1.18 bits per heavy atom. The second-order valence-corrected chi connectivity index (χ2v) is 5.75. The number of aryl methyl sites for hydroxylation is 3. The van der Waals surface area contributed by atoms with Crippen LogP contribution >= 0.6 is 22.6 Å². The first-order chi connectivity index (χ1) is 8.08. The molecular weight excluding hydrogens is 323 g/mol. The molecule has 2 nitrogen and oxygen atoms in total. The van der Waals surface area contributed by atoms with Crippen LogP contribution in [0.2, 0.25) is 0 Å². The van der Waals surface area contributed by atoms with Gasteiger partial charge in [0.1, 0.15) is 5.65 Å². The lowest BCUT2D eigenvalue weighted by Crippen LogP contribution is -1.85. The first-order valence-corrected chi connectivity index (χ1v) is 6.69. The zero-order chi connectivity index (χ0) is 12.2. The van der Waals surface area contributed by atoms with Gasteiger partial charge < -0.3 is 4.98 Å². The molecule has 0 saturated carbocycles. The number of hydrogen-bond donors (Lipinski definition) is 1. The van der Waals surface area contributed by atoms with Crippen LogP contribution in [0, 0.1) is 24.3 Å². The van der Waals surface area contributed by atoms with Gasteiger partial charge in [0.05, 0.1) is 5.52 Å². The Kier molecular flexibility index (Phi) is 2.40. The molecule has 0 aliphatic rings. The highest BCUT2D eigenvalue weighted by molar-refractivity contribution is 14.1. The fourth-order valence-electron chi connectivity index (χ4n) is 2.27. The Hall–Kier alpha value is -1.10. The molecule has 2 heterocycles. The van der Waals surface area contributed by atoms with Crippen LogP contribution < -0.4 is 0 Å². The van der Waals surface area contributed by atoms with E-state index >= 15 is 0 Å². The number of hydrogen-bond acceptors (Lipinski definition) is 1. The first kappa shape index (κ1) is 11.0. The van der Waals surface area contributed by atoms with Gasteiger partial charge in [-0.3, -0.25) is 0 Å². The van der Waals surface area contributed by atoms with E-state index in [2.05, 4.69) is 65.5 Å². The third-order valence-electron chi connectivity index (χ3n) is 3.34.